The van der Waals surface area contributed by atoms with Gasteiger partial charge in [0.25, 0.3) is 5.91 Å². The number of nitrogens with zero attached hydrogens (tertiary/aromatic N) is 1. The van der Waals surface area contributed by atoms with Gasteiger partial charge in [0.05, 0.1) is 22.2 Å². The molecule has 126 valence electrons. The van der Waals surface area contributed by atoms with Crippen LogP contribution in [0.3, 0.4) is 0 Å². The van der Waals surface area contributed by atoms with E-state index in [1.807, 2.05) is 0 Å². The van der Waals surface area contributed by atoms with Crippen LogP contribution in [0.4, 0.5) is 5.69 Å². The Morgan fingerprint density at radius 1 is 1.17 bits per heavy atom. The number of halogens is 3. The number of carbonyl (C=O) groups is 2. The summed E-state index contributed by atoms with van der Waals surface area (Å²) in [6, 6.07) is 9.20. The Hall–Kier alpha value is -1.76. The molecule has 0 spiro atoms. The fourth-order valence-corrected chi connectivity index (χ4v) is 2.61. The summed E-state index contributed by atoms with van der Waals surface area (Å²) in [6.07, 6.45) is 0. The van der Waals surface area contributed by atoms with E-state index in [0.717, 1.165) is 0 Å². The highest BCUT2D eigenvalue weighted by Gasteiger charge is 2.18. The molecule has 2 N–H and O–H groups in total. The van der Waals surface area contributed by atoms with Gasteiger partial charge in [-0.2, -0.15) is 0 Å². The van der Waals surface area contributed by atoms with Crippen LogP contribution in [0.15, 0.2) is 40.9 Å². The normalized spacial score (nSPS) is 10.3. The summed E-state index contributed by atoms with van der Waals surface area (Å²) in [4.78, 5) is 25.6. The topological polar surface area (TPSA) is 69.6 Å². The quantitative estimate of drug-likeness (QED) is 0.763. The smallest absolute Gasteiger partial charge is 0.257 e. The fraction of sp³-hybridized carbons (Fsp3) is 0.125. The monoisotopic (exact) mass is 430 g/mol. The van der Waals surface area contributed by atoms with Crippen molar-refractivity contribution in [2.45, 2.75) is 0 Å². The van der Waals surface area contributed by atoms with Gasteiger partial charge in [-0.15, -0.1) is 0 Å². The molecule has 2 rings (SSSR count). The maximum absolute atomic E-state index is 12.3. The summed E-state index contributed by atoms with van der Waals surface area (Å²) >= 11 is 14.9. The molecule has 2 aromatic rings. The minimum atomic E-state index is -0.474. The first-order valence-electron chi connectivity index (χ1n) is 6.77. The Bertz CT molecular complexity index is 799. The molecule has 0 aromatic heterocycles. The van der Waals surface area contributed by atoms with E-state index in [-0.39, 0.29) is 17.9 Å². The molecule has 0 heterocycles. The molecule has 0 aliphatic heterocycles. The van der Waals surface area contributed by atoms with Crippen molar-refractivity contribution in [3.63, 3.8) is 0 Å². The number of hydrogen-bond donors (Lipinski definition) is 2. The van der Waals surface area contributed by atoms with E-state index in [4.69, 9.17) is 23.2 Å². The zero-order chi connectivity index (χ0) is 17.9. The minimum Gasteiger partial charge on any atom is -0.507 e. The third-order valence-corrected chi connectivity index (χ3v) is 4.35. The van der Waals surface area contributed by atoms with E-state index < -0.39 is 11.8 Å². The zero-order valence-electron chi connectivity index (χ0n) is 12.5. The second-order valence-corrected chi connectivity index (χ2v) is 6.73. The Morgan fingerprint density at radius 3 is 2.54 bits per heavy atom. The number of benzene rings is 2. The van der Waals surface area contributed by atoms with Crippen molar-refractivity contribution < 1.29 is 14.7 Å². The van der Waals surface area contributed by atoms with Crippen LogP contribution in [0.1, 0.15) is 10.4 Å². The van der Waals surface area contributed by atoms with Crippen LogP contribution < -0.4 is 5.32 Å². The molecule has 24 heavy (non-hydrogen) atoms. The van der Waals surface area contributed by atoms with Gasteiger partial charge in [-0.25, -0.2) is 0 Å². The average molecular weight is 432 g/mol. The minimum absolute atomic E-state index is 0.106. The number of hydrogen-bond acceptors (Lipinski definition) is 3. The number of carbonyl (C=O) groups excluding carboxylic acids is 2. The molecular weight excluding hydrogens is 419 g/mol. The molecule has 2 aromatic carbocycles. The van der Waals surface area contributed by atoms with Crippen LogP contribution in [-0.4, -0.2) is 35.4 Å². The number of nitrogens with one attached hydrogen (secondary N) is 1. The molecule has 0 aliphatic carbocycles. The predicted molar refractivity (Wildman–Crippen MR) is 97.9 cm³/mol. The summed E-state index contributed by atoms with van der Waals surface area (Å²) in [7, 11) is 1.47. The fourth-order valence-electron chi connectivity index (χ4n) is 1.95. The van der Waals surface area contributed by atoms with E-state index in [1.165, 1.54) is 30.1 Å². The van der Waals surface area contributed by atoms with Crippen molar-refractivity contribution >= 4 is 56.6 Å². The van der Waals surface area contributed by atoms with Gasteiger partial charge in [-0.1, -0.05) is 39.1 Å². The van der Waals surface area contributed by atoms with E-state index in [0.29, 0.717) is 20.2 Å². The Kier molecular flexibility index (Phi) is 6.10. The van der Waals surface area contributed by atoms with Crippen molar-refractivity contribution in [3.05, 3.63) is 56.5 Å². The molecule has 0 saturated carbocycles. The van der Waals surface area contributed by atoms with Gasteiger partial charge in [0, 0.05) is 17.2 Å². The largest absolute Gasteiger partial charge is 0.507 e. The van der Waals surface area contributed by atoms with E-state index >= 15 is 0 Å². The SMILES string of the molecule is CN(CC(=O)Nc1ccc(Cl)c(Cl)c1)C(=O)c1cc(Br)ccc1O. The van der Waals surface area contributed by atoms with Crippen LogP contribution in [0.2, 0.25) is 10.0 Å². The second-order valence-electron chi connectivity index (χ2n) is 5.00. The van der Waals surface area contributed by atoms with Crippen LogP contribution in [0.25, 0.3) is 0 Å². The summed E-state index contributed by atoms with van der Waals surface area (Å²) in [5.74, 6) is -1.03. The summed E-state index contributed by atoms with van der Waals surface area (Å²) in [5.41, 5.74) is 0.578. The van der Waals surface area contributed by atoms with E-state index in [9.17, 15) is 14.7 Å². The molecule has 5 nitrogen and oxygen atoms in total. The number of anilines is 1. The Labute approximate surface area is 157 Å². The molecule has 0 aliphatic rings. The molecule has 0 radical (unpaired) electrons. The number of phenolic OH excluding ortho intramolecular Hbond substituents is 1. The maximum Gasteiger partial charge on any atom is 0.257 e. The number of aromatic hydroxyl groups is 1. The molecule has 0 saturated heterocycles. The van der Waals surface area contributed by atoms with Gasteiger partial charge in [-0.05, 0) is 36.4 Å². The molecular formula is C16H13BrCl2N2O3. The number of amides is 2. The number of rotatable bonds is 4. The maximum atomic E-state index is 12.3. The lowest BCUT2D eigenvalue weighted by Crippen LogP contribution is -2.35. The molecule has 8 heteroatoms. The van der Waals surface area contributed by atoms with Gasteiger partial charge >= 0.3 is 0 Å². The third-order valence-electron chi connectivity index (χ3n) is 3.12. The van der Waals surface area contributed by atoms with Crippen molar-refractivity contribution in [1.29, 1.82) is 0 Å². The molecule has 0 bridgehead atoms. The first kappa shape index (κ1) is 18.6. The van der Waals surface area contributed by atoms with Crippen LogP contribution in [0, 0.1) is 0 Å². The first-order valence-corrected chi connectivity index (χ1v) is 8.31. The van der Waals surface area contributed by atoms with Crippen molar-refractivity contribution in [2.75, 3.05) is 18.9 Å². The van der Waals surface area contributed by atoms with Crippen molar-refractivity contribution in [1.82, 2.24) is 4.90 Å². The van der Waals surface area contributed by atoms with Gasteiger partial charge in [0.15, 0.2) is 0 Å². The second kappa shape index (κ2) is 7.88. The molecule has 0 atom stereocenters. The highest BCUT2D eigenvalue weighted by atomic mass is 79.9. The van der Waals surface area contributed by atoms with Gasteiger partial charge < -0.3 is 15.3 Å². The highest BCUT2D eigenvalue weighted by molar-refractivity contribution is 9.10. The highest BCUT2D eigenvalue weighted by Crippen LogP contribution is 2.25. The average Bonchev–Trinajstić information content (AvgIpc) is 2.52. The molecule has 0 unspecified atom stereocenters. The lowest BCUT2D eigenvalue weighted by Gasteiger charge is -2.17. The van der Waals surface area contributed by atoms with Crippen LogP contribution in [-0.2, 0) is 4.79 Å². The number of likely N-dealkylation sites (N-methyl/N-ethyl adjacent to an activating group) is 1. The molecule has 2 amide bonds. The summed E-state index contributed by atoms with van der Waals surface area (Å²) in [5, 5.41) is 13.1. The van der Waals surface area contributed by atoms with Crippen molar-refractivity contribution in [2.24, 2.45) is 0 Å². The van der Waals surface area contributed by atoms with Gasteiger partial charge in [0.2, 0.25) is 5.91 Å². The van der Waals surface area contributed by atoms with E-state index in [1.54, 1.807) is 18.2 Å². The van der Waals surface area contributed by atoms with Crippen molar-refractivity contribution in [3.8, 4) is 5.75 Å². The lowest BCUT2D eigenvalue weighted by molar-refractivity contribution is -0.116. The zero-order valence-corrected chi connectivity index (χ0v) is 15.6. The van der Waals surface area contributed by atoms with E-state index in [2.05, 4.69) is 21.2 Å². The summed E-state index contributed by atoms with van der Waals surface area (Å²) < 4.78 is 0.650. The number of phenols is 1. The van der Waals surface area contributed by atoms with Crippen LogP contribution in [0.5, 0.6) is 5.75 Å². The Morgan fingerprint density at radius 2 is 1.88 bits per heavy atom. The predicted octanol–water partition coefficient (Wildman–Crippen LogP) is 4.17. The lowest BCUT2D eigenvalue weighted by atomic mass is 10.2. The Balaban J connectivity index is 2.04. The third kappa shape index (κ3) is 4.63. The van der Waals surface area contributed by atoms with Gasteiger partial charge in [0.1, 0.15) is 5.75 Å². The van der Waals surface area contributed by atoms with Crippen LogP contribution >= 0.6 is 39.1 Å². The summed E-state index contributed by atoms with van der Waals surface area (Å²) in [6.45, 7) is -0.189. The molecule has 0 fully saturated rings. The first-order chi connectivity index (χ1) is 11.3. The van der Waals surface area contributed by atoms with Gasteiger partial charge in [-0.3, -0.25) is 9.59 Å². The standard InChI is InChI=1S/C16H13BrCl2N2O3/c1-21(16(24)11-6-9(17)2-5-14(11)22)8-15(23)20-10-3-4-12(18)13(19)7-10/h2-7,22H,8H2,1H3,(H,20,23).